The van der Waals surface area contributed by atoms with Gasteiger partial charge in [-0.25, -0.2) is 9.97 Å². The van der Waals surface area contributed by atoms with Gasteiger partial charge in [-0.2, -0.15) is 0 Å². The predicted molar refractivity (Wildman–Crippen MR) is 97.3 cm³/mol. The normalized spacial score (nSPS) is 10.8. The minimum Gasteiger partial charge on any atom is -0.465 e. The second kappa shape index (κ2) is 7.64. The maximum atomic E-state index is 11.6. The molecule has 0 unspecified atom stereocenters. The molecule has 6 heteroatoms. The van der Waals surface area contributed by atoms with Crippen LogP contribution in [0.3, 0.4) is 0 Å². The molecule has 0 radical (unpaired) electrons. The zero-order valence-electron chi connectivity index (χ0n) is 13.0. The molecule has 24 heavy (non-hydrogen) atoms. The summed E-state index contributed by atoms with van der Waals surface area (Å²) in [5.74, 6) is -0.0928. The fraction of sp³-hybridized carbons (Fsp3) is 0.167. The molecule has 0 saturated carbocycles. The van der Waals surface area contributed by atoms with Gasteiger partial charge in [0.1, 0.15) is 0 Å². The molecule has 0 spiro atoms. The molecule has 0 fully saturated rings. The van der Waals surface area contributed by atoms with Crippen LogP contribution >= 0.6 is 23.4 Å². The fourth-order valence-electron chi connectivity index (χ4n) is 2.29. The maximum absolute atomic E-state index is 11.6. The van der Waals surface area contributed by atoms with Crippen molar-refractivity contribution in [2.75, 3.05) is 12.4 Å². The summed E-state index contributed by atoms with van der Waals surface area (Å²) >= 11 is 7.40. The lowest BCUT2D eigenvalue weighted by molar-refractivity contribution is -0.139. The molecular formula is C18H15ClN2O2S. The molecule has 0 aliphatic heterocycles. The number of hydrogen-bond acceptors (Lipinski definition) is 5. The van der Waals surface area contributed by atoms with Gasteiger partial charge in [-0.3, -0.25) is 4.79 Å². The third-order valence-electron chi connectivity index (χ3n) is 3.31. The number of nitrogens with zero attached hydrogens (tertiary/aromatic N) is 2. The highest BCUT2D eigenvalue weighted by molar-refractivity contribution is 7.99. The smallest absolute Gasteiger partial charge is 0.316 e. The van der Waals surface area contributed by atoms with E-state index in [9.17, 15) is 4.79 Å². The molecule has 3 aromatic rings. The van der Waals surface area contributed by atoms with Crippen LogP contribution in [0.2, 0.25) is 5.02 Å². The Bertz CT molecular complexity index is 872. The summed E-state index contributed by atoms with van der Waals surface area (Å²) in [4.78, 5) is 20.7. The summed E-state index contributed by atoms with van der Waals surface area (Å²) < 4.78 is 4.95. The standard InChI is InChI=1S/C18H15ClN2O2S/c1-2-23-16(22)11-24-18-20-15-9-8-13(19)10-14(15)17(21-18)12-6-4-3-5-7-12/h3-10H,2,11H2,1H3. The van der Waals surface area contributed by atoms with Gasteiger partial charge < -0.3 is 4.74 Å². The molecule has 3 rings (SSSR count). The van der Waals surface area contributed by atoms with Crippen LogP contribution in [0.15, 0.2) is 53.7 Å². The second-order valence-electron chi connectivity index (χ2n) is 4.98. The van der Waals surface area contributed by atoms with E-state index in [1.807, 2.05) is 42.5 Å². The second-order valence-corrected chi connectivity index (χ2v) is 6.35. The number of aromatic nitrogens is 2. The predicted octanol–water partition coefficient (Wildman–Crippen LogP) is 4.61. The number of halogens is 1. The Balaban J connectivity index is 2.03. The Labute approximate surface area is 149 Å². The number of esters is 1. The van der Waals surface area contributed by atoms with Crippen molar-refractivity contribution in [2.24, 2.45) is 0 Å². The van der Waals surface area contributed by atoms with E-state index in [0.717, 1.165) is 22.2 Å². The van der Waals surface area contributed by atoms with Crippen molar-refractivity contribution >= 4 is 40.2 Å². The third-order valence-corrected chi connectivity index (χ3v) is 4.36. The highest BCUT2D eigenvalue weighted by Gasteiger charge is 2.12. The van der Waals surface area contributed by atoms with E-state index in [4.69, 9.17) is 16.3 Å². The zero-order valence-corrected chi connectivity index (χ0v) is 14.6. The number of fused-ring (bicyclic) bond motifs is 1. The molecule has 122 valence electrons. The van der Waals surface area contributed by atoms with Crippen LogP contribution in [0.5, 0.6) is 0 Å². The lowest BCUT2D eigenvalue weighted by atomic mass is 10.1. The van der Waals surface area contributed by atoms with Crippen LogP contribution in [-0.2, 0) is 9.53 Å². The lowest BCUT2D eigenvalue weighted by Gasteiger charge is -2.09. The number of carbonyl (C=O) groups excluding carboxylic acids is 1. The van der Waals surface area contributed by atoms with Crippen molar-refractivity contribution in [3.8, 4) is 11.3 Å². The van der Waals surface area contributed by atoms with Gasteiger partial charge in [0.05, 0.1) is 23.6 Å². The van der Waals surface area contributed by atoms with Gasteiger partial charge >= 0.3 is 5.97 Å². The first-order valence-corrected chi connectivity index (χ1v) is 8.85. The Morgan fingerprint density at radius 1 is 1.17 bits per heavy atom. The number of ether oxygens (including phenoxy) is 1. The first-order valence-electron chi connectivity index (χ1n) is 7.48. The summed E-state index contributed by atoms with van der Waals surface area (Å²) in [6, 6.07) is 15.4. The maximum Gasteiger partial charge on any atom is 0.316 e. The average molecular weight is 359 g/mol. The summed E-state index contributed by atoms with van der Waals surface area (Å²) in [6.45, 7) is 2.15. The van der Waals surface area contributed by atoms with Gasteiger partial charge in [0.25, 0.3) is 0 Å². The van der Waals surface area contributed by atoms with Crippen LogP contribution < -0.4 is 0 Å². The Morgan fingerprint density at radius 2 is 1.96 bits per heavy atom. The van der Waals surface area contributed by atoms with Gasteiger partial charge in [0, 0.05) is 16.0 Å². The van der Waals surface area contributed by atoms with Crippen molar-refractivity contribution in [2.45, 2.75) is 12.1 Å². The Morgan fingerprint density at radius 3 is 2.71 bits per heavy atom. The summed E-state index contributed by atoms with van der Waals surface area (Å²) in [6.07, 6.45) is 0. The van der Waals surface area contributed by atoms with Gasteiger partial charge in [-0.1, -0.05) is 53.7 Å². The van der Waals surface area contributed by atoms with E-state index in [0.29, 0.717) is 16.8 Å². The SMILES string of the molecule is CCOC(=O)CSc1nc(-c2ccccc2)c2cc(Cl)ccc2n1. The largest absolute Gasteiger partial charge is 0.465 e. The molecule has 0 bridgehead atoms. The van der Waals surface area contributed by atoms with Crippen molar-refractivity contribution in [3.63, 3.8) is 0 Å². The Hall–Kier alpha value is -2.11. The minimum atomic E-state index is -0.274. The molecule has 1 aromatic heterocycles. The monoisotopic (exact) mass is 358 g/mol. The number of thioether (sulfide) groups is 1. The van der Waals surface area contributed by atoms with Gasteiger partial charge in [-0.05, 0) is 25.1 Å². The average Bonchev–Trinajstić information content (AvgIpc) is 2.60. The highest BCUT2D eigenvalue weighted by Crippen LogP contribution is 2.30. The summed E-state index contributed by atoms with van der Waals surface area (Å²) in [5.41, 5.74) is 2.57. The van der Waals surface area contributed by atoms with Crippen molar-refractivity contribution in [1.82, 2.24) is 9.97 Å². The summed E-state index contributed by atoms with van der Waals surface area (Å²) in [5, 5.41) is 2.06. The molecule has 4 nitrogen and oxygen atoms in total. The van der Waals surface area contributed by atoms with Crippen LogP contribution in [0, 0.1) is 0 Å². The molecule has 0 amide bonds. The molecule has 0 saturated heterocycles. The van der Waals surface area contributed by atoms with E-state index in [1.165, 1.54) is 11.8 Å². The molecule has 1 heterocycles. The van der Waals surface area contributed by atoms with Crippen molar-refractivity contribution in [1.29, 1.82) is 0 Å². The van der Waals surface area contributed by atoms with E-state index in [1.54, 1.807) is 13.0 Å². The van der Waals surface area contributed by atoms with Crippen LogP contribution in [-0.4, -0.2) is 28.3 Å². The molecule has 0 atom stereocenters. The molecule has 0 aliphatic carbocycles. The zero-order chi connectivity index (χ0) is 16.9. The van der Waals surface area contributed by atoms with Crippen LogP contribution in [0.1, 0.15) is 6.92 Å². The first kappa shape index (κ1) is 16.7. The number of hydrogen-bond donors (Lipinski definition) is 0. The van der Waals surface area contributed by atoms with Crippen LogP contribution in [0.25, 0.3) is 22.2 Å². The molecule has 0 N–H and O–H groups in total. The molecule has 0 aliphatic rings. The van der Waals surface area contributed by atoms with E-state index in [-0.39, 0.29) is 11.7 Å². The van der Waals surface area contributed by atoms with Gasteiger partial charge in [0.15, 0.2) is 5.16 Å². The van der Waals surface area contributed by atoms with Crippen molar-refractivity contribution < 1.29 is 9.53 Å². The van der Waals surface area contributed by atoms with Gasteiger partial charge in [-0.15, -0.1) is 0 Å². The number of benzene rings is 2. The minimum absolute atomic E-state index is 0.182. The number of carbonyl (C=O) groups is 1. The van der Waals surface area contributed by atoms with Crippen LogP contribution in [0.4, 0.5) is 0 Å². The van der Waals surface area contributed by atoms with E-state index in [2.05, 4.69) is 9.97 Å². The fourth-order valence-corrected chi connectivity index (χ4v) is 3.11. The molecular weight excluding hydrogens is 344 g/mol. The first-order chi connectivity index (χ1) is 11.7. The number of rotatable bonds is 5. The highest BCUT2D eigenvalue weighted by atomic mass is 35.5. The molecule has 2 aromatic carbocycles. The lowest BCUT2D eigenvalue weighted by Crippen LogP contribution is -2.07. The van der Waals surface area contributed by atoms with E-state index >= 15 is 0 Å². The quantitative estimate of drug-likeness (QED) is 0.379. The summed E-state index contributed by atoms with van der Waals surface area (Å²) in [7, 11) is 0. The van der Waals surface area contributed by atoms with Crippen molar-refractivity contribution in [3.05, 3.63) is 53.6 Å². The topological polar surface area (TPSA) is 52.1 Å². The Kier molecular flexibility index (Phi) is 5.33. The van der Waals surface area contributed by atoms with Gasteiger partial charge in [0.2, 0.25) is 0 Å². The third kappa shape index (κ3) is 3.86. The van der Waals surface area contributed by atoms with E-state index < -0.39 is 0 Å².